The first kappa shape index (κ1) is 13.3. The van der Waals surface area contributed by atoms with E-state index in [2.05, 4.69) is 23.9 Å². The SMILES string of the molecule is CC[C@@H](N)c1ccc(OCCN(C)C2CC2)cn1. The number of ether oxygens (including phenoxy) is 1. The molecule has 2 rings (SSSR count). The number of pyridine rings is 1. The molecule has 1 fully saturated rings. The highest BCUT2D eigenvalue weighted by molar-refractivity contribution is 5.21. The van der Waals surface area contributed by atoms with Crippen LogP contribution in [0.1, 0.15) is 37.9 Å². The van der Waals surface area contributed by atoms with E-state index in [-0.39, 0.29) is 6.04 Å². The van der Waals surface area contributed by atoms with Crippen molar-refractivity contribution in [2.75, 3.05) is 20.2 Å². The minimum absolute atomic E-state index is 0.0278. The van der Waals surface area contributed by atoms with Gasteiger partial charge in [-0.3, -0.25) is 4.98 Å². The summed E-state index contributed by atoms with van der Waals surface area (Å²) in [4.78, 5) is 6.69. The fraction of sp³-hybridized carbons (Fsp3) is 0.643. The Morgan fingerprint density at radius 1 is 1.50 bits per heavy atom. The molecule has 4 heteroatoms. The van der Waals surface area contributed by atoms with Crippen LogP contribution in [0.25, 0.3) is 0 Å². The minimum atomic E-state index is 0.0278. The van der Waals surface area contributed by atoms with Crippen molar-refractivity contribution in [3.8, 4) is 5.75 Å². The van der Waals surface area contributed by atoms with Gasteiger partial charge in [-0.25, -0.2) is 0 Å². The Hall–Kier alpha value is -1.13. The van der Waals surface area contributed by atoms with Crippen molar-refractivity contribution in [2.24, 2.45) is 5.73 Å². The van der Waals surface area contributed by atoms with Crippen LogP contribution >= 0.6 is 0 Å². The third kappa shape index (κ3) is 3.68. The topological polar surface area (TPSA) is 51.4 Å². The summed E-state index contributed by atoms with van der Waals surface area (Å²) in [6, 6.07) is 4.72. The van der Waals surface area contributed by atoms with E-state index in [4.69, 9.17) is 10.5 Å². The first-order chi connectivity index (χ1) is 8.70. The van der Waals surface area contributed by atoms with E-state index in [1.54, 1.807) is 6.20 Å². The molecule has 0 spiro atoms. The number of hydrogen-bond donors (Lipinski definition) is 1. The van der Waals surface area contributed by atoms with E-state index in [9.17, 15) is 0 Å². The predicted molar refractivity (Wildman–Crippen MR) is 72.6 cm³/mol. The van der Waals surface area contributed by atoms with E-state index >= 15 is 0 Å². The zero-order valence-corrected chi connectivity index (χ0v) is 11.3. The smallest absolute Gasteiger partial charge is 0.137 e. The fourth-order valence-electron chi connectivity index (χ4n) is 1.91. The Morgan fingerprint density at radius 2 is 2.28 bits per heavy atom. The quantitative estimate of drug-likeness (QED) is 0.802. The number of nitrogens with two attached hydrogens (primary N) is 1. The molecule has 1 aliphatic rings. The Labute approximate surface area is 109 Å². The second-order valence-corrected chi connectivity index (χ2v) is 4.99. The molecule has 100 valence electrons. The molecule has 1 atom stereocenters. The first-order valence-electron chi connectivity index (χ1n) is 6.75. The van der Waals surface area contributed by atoms with Gasteiger partial charge in [0.15, 0.2) is 0 Å². The summed E-state index contributed by atoms with van der Waals surface area (Å²) in [6.45, 7) is 3.75. The van der Waals surface area contributed by atoms with E-state index in [1.165, 1.54) is 12.8 Å². The molecule has 0 unspecified atom stereocenters. The third-order valence-corrected chi connectivity index (χ3v) is 3.46. The van der Waals surface area contributed by atoms with Crippen molar-refractivity contribution in [1.82, 2.24) is 9.88 Å². The number of likely N-dealkylation sites (N-methyl/N-ethyl adjacent to an activating group) is 1. The molecular weight excluding hydrogens is 226 g/mol. The molecule has 0 aromatic carbocycles. The fourth-order valence-corrected chi connectivity index (χ4v) is 1.91. The number of rotatable bonds is 7. The molecule has 0 amide bonds. The van der Waals surface area contributed by atoms with Gasteiger partial charge in [0.05, 0.1) is 11.9 Å². The summed E-state index contributed by atoms with van der Waals surface area (Å²) in [6.07, 6.45) is 5.34. The van der Waals surface area contributed by atoms with Crippen molar-refractivity contribution < 1.29 is 4.74 Å². The van der Waals surface area contributed by atoms with Gasteiger partial charge in [-0.05, 0) is 38.4 Å². The Bertz CT molecular complexity index is 362. The lowest BCUT2D eigenvalue weighted by Crippen LogP contribution is -2.26. The third-order valence-electron chi connectivity index (χ3n) is 3.46. The lowest BCUT2D eigenvalue weighted by Gasteiger charge is -2.16. The van der Waals surface area contributed by atoms with Crippen molar-refractivity contribution in [2.45, 2.75) is 38.3 Å². The molecular formula is C14H23N3O. The molecule has 4 nitrogen and oxygen atoms in total. The Balaban J connectivity index is 1.75. The molecule has 1 saturated carbocycles. The molecule has 18 heavy (non-hydrogen) atoms. The number of nitrogens with zero attached hydrogens (tertiary/aromatic N) is 2. The van der Waals surface area contributed by atoms with Crippen LogP contribution in [0.5, 0.6) is 5.75 Å². The second-order valence-electron chi connectivity index (χ2n) is 4.99. The predicted octanol–water partition coefficient (Wildman–Crippen LogP) is 1.96. The van der Waals surface area contributed by atoms with Gasteiger partial charge < -0.3 is 15.4 Å². The van der Waals surface area contributed by atoms with Gasteiger partial charge in [0.25, 0.3) is 0 Å². The molecule has 0 bridgehead atoms. The van der Waals surface area contributed by atoms with E-state index in [0.717, 1.165) is 30.5 Å². The highest BCUT2D eigenvalue weighted by Gasteiger charge is 2.25. The van der Waals surface area contributed by atoms with E-state index in [1.807, 2.05) is 12.1 Å². The maximum Gasteiger partial charge on any atom is 0.137 e. The molecule has 1 aromatic heterocycles. The monoisotopic (exact) mass is 249 g/mol. The van der Waals surface area contributed by atoms with Gasteiger partial charge >= 0.3 is 0 Å². The van der Waals surface area contributed by atoms with Gasteiger partial charge in [-0.15, -0.1) is 0 Å². The van der Waals surface area contributed by atoms with Gasteiger partial charge in [-0.1, -0.05) is 6.92 Å². The zero-order valence-electron chi connectivity index (χ0n) is 11.3. The van der Waals surface area contributed by atoms with E-state index in [0.29, 0.717) is 6.61 Å². The van der Waals surface area contributed by atoms with Gasteiger partial charge in [0, 0.05) is 18.6 Å². The van der Waals surface area contributed by atoms with Gasteiger partial charge in [0.1, 0.15) is 12.4 Å². The number of hydrogen-bond acceptors (Lipinski definition) is 4. The molecule has 1 heterocycles. The van der Waals surface area contributed by atoms with Gasteiger partial charge in [-0.2, -0.15) is 0 Å². The Morgan fingerprint density at radius 3 is 2.83 bits per heavy atom. The standard InChI is InChI=1S/C14H23N3O/c1-3-13(15)14-7-6-12(10-16-14)18-9-8-17(2)11-4-5-11/h6-7,10-11,13H,3-5,8-9,15H2,1-2H3/t13-/m1/s1. The molecule has 0 aliphatic heterocycles. The van der Waals surface area contributed by atoms with Crippen LogP contribution in [-0.2, 0) is 0 Å². The summed E-state index contributed by atoms with van der Waals surface area (Å²) < 4.78 is 5.68. The average molecular weight is 249 g/mol. The largest absolute Gasteiger partial charge is 0.491 e. The molecule has 0 radical (unpaired) electrons. The molecule has 1 aliphatic carbocycles. The summed E-state index contributed by atoms with van der Waals surface area (Å²) in [5.74, 6) is 0.825. The summed E-state index contributed by atoms with van der Waals surface area (Å²) in [7, 11) is 2.16. The van der Waals surface area contributed by atoms with Crippen LogP contribution in [0.15, 0.2) is 18.3 Å². The van der Waals surface area contributed by atoms with Crippen LogP contribution in [0.2, 0.25) is 0 Å². The van der Waals surface area contributed by atoms with E-state index < -0.39 is 0 Å². The highest BCUT2D eigenvalue weighted by Crippen LogP contribution is 2.24. The summed E-state index contributed by atoms with van der Waals surface area (Å²) >= 11 is 0. The van der Waals surface area contributed by atoms with Crippen LogP contribution in [0.3, 0.4) is 0 Å². The first-order valence-corrected chi connectivity index (χ1v) is 6.75. The zero-order chi connectivity index (χ0) is 13.0. The van der Waals surface area contributed by atoms with Crippen molar-refractivity contribution in [3.05, 3.63) is 24.0 Å². The summed E-state index contributed by atoms with van der Waals surface area (Å²) in [5, 5.41) is 0. The lowest BCUT2D eigenvalue weighted by molar-refractivity contribution is 0.231. The van der Waals surface area contributed by atoms with Crippen LogP contribution in [0.4, 0.5) is 0 Å². The molecule has 0 saturated heterocycles. The van der Waals surface area contributed by atoms with Crippen LogP contribution < -0.4 is 10.5 Å². The second kappa shape index (κ2) is 6.16. The Kier molecular flexibility index (Phi) is 4.55. The van der Waals surface area contributed by atoms with Crippen molar-refractivity contribution in [3.63, 3.8) is 0 Å². The highest BCUT2D eigenvalue weighted by atomic mass is 16.5. The number of aromatic nitrogens is 1. The molecule has 1 aromatic rings. The van der Waals surface area contributed by atoms with Crippen LogP contribution in [-0.4, -0.2) is 36.1 Å². The lowest BCUT2D eigenvalue weighted by atomic mass is 10.1. The average Bonchev–Trinajstić information content (AvgIpc) is 3.23. The van der Waals surface area contributed by atoms with Crippen molar-refractivity contribution >= 4 is 0 Å². The minimum Gasteiger partial charge on any atom is -0.491 e. The van der Waals surface area contributed by atoms with Crippen LogP contribution in [0, 0.1) is 0 Å². The normalized spacial score (nSPS) is 16.9. The van der Waals surface area contributed by atoms with Crippen molar-refractivity contribution in [1.29, 1.82) is 0 Å². The molecule has 2 N–H and O–H groups in total. The van der Waals surface area contributed by atoms with Gasteiger partial charge in [0.2, 0.25) is 0 Å². The maximum absolute atomic E-state index is 5.91. The maximum atomic E-state index is 5.91. The summed E-state index contributed by atoms with van der Waals surface area (Å²) in [5.41, 5.74) is 6.84.